The highest BCUT2D eigenvalue weighted by molar-refractivity contribution is 5.87. The number of hydrogen-bond donors (Lipinski definition) is 0. The van der Waals surface area contributed by atoms with Crippen molar-refractivity contribution in [1.29, 1.82) is 0 Å². The number of benzene rings is 1. The van der Waals surface area contributed by atoms with Crippen LogP contribution in [0, 0.1) is 12.8 Å². The topological polar surface area (TPSA) is 65.7 Å². The SMILES string of the molecule is CCCCC(CC)COC(=O)C=Cc1ccc(Oc2c(C)occc2=O)cc1. The molecule has 0 aliphatic heterocycles. The zero-order chi connectivity index (χ0) is 20.4. The molecule has 0 aliphatic carbocycles. The second-order valence-corrected chi connectivity index (χ2v) is 6.72. The molecule has 5 heteroatoms. The summed E-state index contributed by atoms with van der Waals surface area (Å²) in [6, 6.07) is 8.38. The van der Waals surface area contributed by atoms with Crippen molar-refractivity contribution in [2.75, 3.05) is 6.61 Å². The monoisotopic (exact) mass is 384 g/mol. The molecule has 0 amide bonds. The molecule has 5 nitrogen and oxygen atoms in total. The highest BCUT2D eigenvalue weighted by atomic mass is 16.5. The zero-order valence-electron chi connectivity index (χ0n) is 16.8. The Labute approximate surface area is 166 Å². The van der Waals surface area contributed by atoms with Gasteiger partial charge in [-0.2, -0.15) is 0 Å². The van der Waals surface area contributed by atoms with Crippen LogP contribution < -0.4 is 10.2 Å². The first-order chi connectivity index (χ1) is 13.5. The normalized spacial score (nSPS) is 12.1. The molecule has 0 fully saturated rings. The summed E-state index contributed by atoms with van der Waals surface area (Å²) in [5, 5.41) is 0. The summed E-state index contributed by atoms with van der Waals surface area (Å²) in [6.45, 7) is 6.42. The molecule has 2 rings (SSSR count). The van der Waals surface area contributed by atoms with Gasteiger partial charge in [-0.25, -0.2) is 4.79 Å². The second kappa shape index (κ2) is 11.1. The van der Waals surface area contributed by atoms with Crippen LogP contribution in [-0.4, -0.2) is 12.6 Å². The molecule has 0 N–H and O–H groups in total. The van der Waals surface area contributed by atoms with Gasteiger partial charge in [-0.3, -0.25) is 4.79 Å². The lowest BCUT2D eigenvalue weighted by Crippen LogP contribution is -2.12. The van der Waals surface area contributed by atoms with Crippen molar-refractivity contribution in [3.05, 3.63) is 64.2 Å². The quantitative estimate of drug-likeness (QED) is 0.399. The van der Waals surface area contributed by atoms with E-state index in [-0.39, 0.29) is 17.1 Å². The molecule has 0 bridgehead atoms. The molecule has 0 saturated carbocycles. The number of ether oxygens (including phenoxy) is 2. The van der Waals surface area contributed by atoms with Crippen molar-refractivity contribution in [3.63, 3.8) is 0 Å². The van der Waals surface area contributed by atoms with Crippen LogP contribution in [0.15, 0.2) is 51.9 Å². The fourth-order valence-corrected chi connectivity index (χ4v) is 2.70. The molecule has 150 valence electrons. The van der Waals surface area contributed by atoms with Gasteiger partial charge in [-0.1, -0.05) is 45.2 Å². The van der Waals surface area contributed by atoms with E-state index in [2.05, 4.69) is 13.8 Å². The van der Waals surface area contributed by atoms with Crippen LogP contribution in [0.5, 0.6) is 11.5 Å². The van der Waals surface area contributed by atoms with Crippen LogP contribution in [0.25, 0.3) is 6.08 Å². The number of esters is 1. The van der Waals surface area contributed by atoms with E-state index in [0.717, 1.165) is 31.2 Å². The van der Waals surface area contributed by atoms with Crippen LogP contribution in [-0.2, 0) is 9.53 Å². The first kappa shape index (κ1) is 21.5. The zero-order valence-corrected chi connectivity index (χ0v) is 16.8. The first-order valence-corrected chi connectivity index (χ1v) is 9.74. The van der Waals surface area contributed by atoms with E-state index in [0.29, 0.717) is 24.0 Å². The summed E-state index contributed by atoms with van der Waals surface area (Å²) in [5.41, 5.74) is 0.596. The van der Waals surface area contributed by atoms with Gasteiger partial charge in [-0.15, -0.1) is 0 Å². The van der Waals surface area contributed by atoms with Gasteiger partial charge in [-0.05, 0) is 43.0 Å². The van der Waals surface area contributed by atoms with Crippen LogP contribution in [0.3, 0.4) is 0 Å². The van der Waals surface area contributed by atoms with Gasteiger partial charge in [0.15, 0.2) is 0 Å². The summed E-state index contributed by atoms with van der Waals surface area (Å²) in [5.74, 6) is 1.19. The minimum absolute atomic E-state index is 0.169. The van der Waals surface area contributed by atoms with Gasteiger partial charge in [0.1, 0.15) is 11.5 Å². The standard InChI is InChI=1S/C23H28O5/c1-4-6-7-18(5-2)16-27-22(25)13-10-19-8-11-20(12-9-19)28-23-17(3)26-15-14-21(23)24/h8-15,18H,4-7,16H2,1-3H3. The highest BCUT2D eigenvalue weighted by Crippen LogP contribution is 2.22. The van der Waals surface area contributed by atoms with Crippen molar-refractivity contribution in [3.8, 4) is 11.5 Å². The van der Waals surface area contributed by atoms with Gasteiger partial charge in [0.25, 0.3) is 0 Å². The third kappa shape index (κ3) is 6.72. The third-order valence-corrected chi connectivity index (χ3v) is 4.52. The van der Waals surface area contributed by atoms with Crippen molar-refractivity contribution in [1.82, 2.24) is 0 Å². The lowest BCUT2D eigenvalue weighted by Gasteiger charge is -2.13. The maximum absolute atomic E-state index is 11.9. The fourth-order valence-electron chi connectivity index (χ4n) is 2.70. The van der Waals surface area contributed by atoms with E-state index in [1.165, 1.54) is 18.4 Å². The molecule has 1 atom stereocenters. The van der Waals surface area contributed by atoms with Crippen molar-refractivity contribution < 1.29 is 18.7 Å². The molecule has 0 radical (unpaired) electrons. The summed E-state index contributed by atoms with van der Waals surface area (Å²) >= 11 is 0. The Kier molecular flexibility index (Phi) is 8.53. The lowest BCUT2D eigenvalue weighted by molar-refractivity contribution is -0.139. The Morgan fingerprint density at radius 1 is 1.18 bits per heavy atom. The fraction of sp³-hybridized carbons (Fsp3) is 0.391. The first-order valence-electron chi connectivity index (χ1n) is 9.74. The van der Waals surface area contributed by atoms with E-state index in [9.17, 15) is 9.59 Å². The Balaban J connectivity index is 1.89. The molecular formula is C23H28O5. The molecule has 1 heterocycles. The minimum Gasteiger partial charge on any atom is -0.465 e. The molecule has 2 aromatic rings. The number of unbranched alkanes of at least 4 members (excludes halogenated alkanes) is 1. The summed E-state index contributed by atoms with van der Waals surface area (Å²) in [7, 11) is 0. The summed E-state index contributed by atoms with van der Waals surface area (Å²) < 4.78 is 16.1. The van der Waals surface area contributed by atoms with Crippen LogP contribution in [0.1, 0.15) is 50.9 Å². The number of hydrogen-bond acceptors (Lipinski definition) is 5. The highest BCUT2D eigenvalue weighted by Gasteiger charge is 2.09. The molecule has 0 saturated heterocycles. The lowest BCUT2D eigenvalue weighted by atomic mass is 10.0. The maximum Gasteiger partial charge on any atom is 0.330 e. The Morgan fingerprint density at radius 3 is 2.57 bits per heavy atom. The maximum atomic E-state index is 11.9. The van der Waals surface area contributed by atoms with E-state index in [4.69, 9.17) is 13.9 Å². The van der Waals surface area contributed by atoms with Crippen LogP contribution >= 0.6 is 0 Å². The number of aryl methyl sites for hydroxylation is 1. The van der Waals surface area contributed by atoms with Gasteiger partial charge in [0.2, 0.25) is 11.2 Å². The molecule has 1 unspecified atom stereocenters. The van der Waals surface area contributed by atoms with Crippen LogP contribution in [0.2, 0.25) is 0 Å². The predicted molar refractivity (Wildman–Crippen MR) is 110 cm³/mol. The number of carbonyl (C=O) groups excluding carboxylic acids is 1. The van der Waals surface area contributed by atoms with E-state index in [1.807, 2.05) is 0 Å². The van der Waals surface area contributed by atoms with Gasteiger partial charge >= 0.3 is 5.97 Å². The molecule has 1 aromatic heterocycles. The summed E-state index contributed by atoms with van der Waals surface area (Å²) in [4.78, 5) is 23.7. The van der Waals surface area contributed by atoms with E-state index in [1.54, 1.807) is 37.3 Å². The molecule has 0 spiro atoms. The van der Waals surface area contributed by atoms with Crippen molar-refractivity contribution in [2.45, 2.75) is 46.5 Å². The Bertz CT molecular complexity index is 833. The summed E-state index contributed by atoms with van der Waals surface area (Å²) in [6.07, 6.45) is 8.87. The average molecular weight is 384 g/mol. The van der Waals surface area contributed by atoms with Crippen molar-refractivity contribution >= 4 is 12.0 Å². The van der Waals surface area contributed by atoms with E-state index < -0.39 is 0 Å². The van der Waals surface area contributed by atoms with Gasteiger partial charge in [0, 0.05) is 12.1 Å². The Morgan fingerprint density at radius 2 is 1.93 bits per heavy atom. The molecule has 1 aromatic carbocycles. The predicted octanol–water partition coefficient (Wildman–Crippen LogP) is 5.51. The van der Waals surface area contributed by atoms with E-state index >= 15 is 0 Å². The van der Waals surface area contributed by atoms with Crippen molar-refractivity contribution in [2.24, 2.45) is 5.92 Å². The third-order valence-electron chi connectivity index (χ3n) is 4.52. The Hall–Kier alpha value is -2.82. The van der Waals surface area contributed by atoms with Gasteiger partial charge in [0.05, 0.1) is 12.9 Å². The largest absolute Gasteiger partial charge is 0.465 e. The number of rotatable bonds is 10. The second-order valence-electron chi connectivity index (χ2n) is 6.72. The minimum atomic E-state index is -0.340. The average Bonchev–Trinajstić information content (AvgIpc) is 2.70. The number of carbonyl (C=O) groups is 1. The van der Waals surface area contributed by atoms with Gasteiger partial charge < -0.3 is 13.9 Å². The molecule has 28 heavy (non-hydrogen) atoms. The molecular weight excluding hydrogens is 356 g/mol. The molecule has 0 aliphatic rings. The van der Waals surface area contributed by atoms with Crippen LogP contribution in [0.4, 0.5) is 0 Å². The smallest absolute Gasteiger partial charge is 0.330 e.